The average Bonchev–Trinajstić information content (AvgIpc) is 2.55. The van der Waals surface area contributed by atoms with Gasteiger partial charge in [0.15, 0.2) is 0 Å². The fourth-order valence-corrected chi connectivity index (χ4v) is 1.37. The molecule has 17 heavy (non-hydrogen) atoms. The van der Waals surface area contributed by atoms with Gasteiger partial charge in [0.1, 0.15) is 12.6 Å². The standard InChI is InChI=1S/C11H17NO5/c1-4-5-15-11(14)12-8-6-9(13)17-10(8)16-7(2)3/h4,7-8,10H,1,5-6H2,2-3H3,(H,12,14)/t8-,10-/m0/s1. The van der Waals surface area contributed by atoms with Gasteiger partial charge in [-0.05, 0) is 13.8 Å². The maximum Gasteiger partial charge on any atom is 0.407 e. The van der Waals surface area contributed by atoms with Gasteiger partial charge in [0.25, 0.3) is 0 Å². The molecule has 6 heteroatoms. The summed E-state index contributed by atoms with van der Waals surface area (Å²) in [5.41, 5.74) is 0. The Kier molecular flexibility index (Phi) is 4.96. The molecule has 0 unspecified atom stereocenters. The summed E-state index contributed by atoms with van der Waals surface area (Å²) in [6, 6.07) is -0.512. The largest absolute Gasteiger partial charge is 0.445 e. The number of cyclic esters (lactones) is 1. The first-order valence-electron chi connectivity index (χ1n) is 5.42. The molecule has 96 valence electrons. The van der Waals surface area contributed by atoms with Crippen LogP contribution in [0.5, 0.6) is 0 Å². The van der Waals surface area contributed by atoms with Crippen molar-refractivity contribution in [3.8, 4) is 0 Å². The molecule has 0 saturated carbocycles. The lowest BCUT2D eigenvalue weighted by molar-refractivity contribution is -0.171. The number of hydrogen-bond donors (Lipinski definition) is 1. The van der Waals surface area contributed by atoms with Crippen molar-refractivity contribution in [2.24, 2.45) is 0 Å². The third kappa shape index (κ3) is 4.44. The number of rotatable bonds is 5. The van der Waals surface area contributed by atoms with Crippen LogP contribution in [0.2, 0.25) is 0 Å². The van der Waals surface area contributed by atoms with E-state index >= 15 is 0 Å². The smallest absolute Gasteiger partial charge is 0.407 e. The lowest BCUT2D eigenvalue weighted by Gasteiger charge is -2.20. The Labute approximate surface area is 99.9 Å². The Bertz CT molecular complexity index is 302. The van der Waals surface area contributed by atoms with E-state index in [9.17, 15) is 9.59 Å². The maximum atomic E-state index is 11.3. The molecule has 1 amide bonds. The molecular weight excluding hydrogens is 226 g/mol. The highest BCUT2D eigenvalue weighted by Crippen LogP contribution is 2.17. The van der Waals surface area contributed by atoms with Crippen LogP contribution in [0.1, 0.15) is 20.3 Å². The van der Waals surface area contributed by atoms with Crippen molar-refractivity contribution in [3.05, 3.63) is 12.7 Å². The molecule has 1 N–H and O–H groups in total. The second kappa shape index (κ2) is 6.24. The number of alkyl carbamates (subject to hydrolysis) is 1. The van der Waals surface area contributed by atoms with E-state index in [1.165, 1.54) is 6.08 Å². The maximum absolute atomic E-state index is 11.3. The summed E-state index contributed by atoms with van der Waals surface area (Å²) >= 11 is 0. The molecule has 0 aliphatic carbocycles. The monoisotopic (exact) mass is 243 g/mol. The topological polar surface area (TPSA) is 73.9 Å². The van der Waals surface area contributed by atoms with Crippen LogP contribution in [0, 0.1) is 0 Å². The van der Waals surface area contributed by atoms with Crippen molar-refractivity contribution in [2.75, 3.05) is 6.61 Å². The number of esters is 1. The van der Waals surface area contributed by atoms with Crippen molar-refractivity contribution in [1.82, 2.24) is 5.32 Å². The number of carbonyl (C=O) groups is 2. The highest BCUT2D eigenvalue weighted by Gasteiger charge is 2.37. The first-order chi connectivity index (χ1) is 8.02. The van der Waals surface area contributed by atoms with Crippen molar-refractivity contribution >= 4 is 12.1 Å². The number of amides is 1. The fraction of sp³-hybridized carbons (Fsp3) is 0.636. The van der Waals surface area contributed by atoms with Gasteiger partial charge in [-0.1, -0.05) is 12.7 Å². The molecule has 1 saturated heterocycles. The Morgan fingerprint density at radius 1 is 1.71 bits per heavy atom. The van der Waals surface area contributed by atoms with Crippen molar-refractivity contribution in [2.45, 2.75) is 38.7 Å². The summed E-state index contributed by atoms with van der Waals surface area (Å²) in [6.07, 6.45) is 0.0715. The molecule has 6 nitrogen and oxygen atoms in total. The van der Waals surface area contributed by atoms with Crippen LogP contribution in [0.4, 0.5) is 4.79 Å². The normalized spacial score (nSPS) is 23.4. The molecule has 0 aromatic heterocycles. The first kappa shape index (κ1) is 13.5. The van der Waals surface area contributed by atoms with Gasteiger partial charge in [0.05, 0.1) is 12.5 Å². The van der Waals surface area contributed by atoms with E-state index in [1.807, 2.05) is 13.8 Å². The van der Waals surface area contributed by atoms with Crippen LogP contribution in [0.25, 0.3) is 0 Å². The van der Waals surface area contributed by atoms with Crippen LogP contribution in [0.3, 0.4) is 0 Å². The van der Waals surface area contributed by atoms with E-state index < -0.39 is 24.4 Å². The first-order valence-corrected chi connectivity index (χ1v) is 5.42. The Morgan fingerprint density at radius 3 is 3.00 bits per heavy atom. The third-order valence-electron chi connectivity index (χ3n) is 2.00. The molecule has 1 rings (SSSR count). The van der Waals surface area contributed by atoms with Crippen molar-refractivity contribution in [1.29, 1.82) is 0 Å². The van der Waals surface area contributed by atoms with Crippen molar-refractivity contribution < 1.29 is 23.8 Å². The Morgan fingerprint density at radius 2 is 2.41 bits per heavy atom. The summed E-state index contributed by atoms with van der Waals surface area (Å²) < 4.78 is 15.1. The molecular formula is C11H17NO5. The molecule has 1 aliphatic heterocycles. The summed E-state index contributed by atoms with van der Waals surface area (Å²) in [5.74, 6) is -0.398. The van der Waals surface area contributed by atoms with E-state index in [-0.39, 0.29) is 19.1 Å². The van der Waals surface area contributed by atoms with Crippen LogP contribution in [-0.2, 0) is 19.0 Å². The number of ether oxygens (including phenoxy) is 3. The highest BCUT2D eigenvalue weighted by molar-refractivity contribution is 5.75. The second-order valence-corrected chi connectivity index (χ2v) is 3.89. The summed E-state index contributed by atoms with van der Waals surface area (Å²) in [7, 11) is 0. The molecule has 2 atom stereocenters. The molecule has 1 fully saturated rings. The zero-order valence-electron chi connectivity index (χ0n) is 9.97. The molecule has 0 aromatic rings. The van der Waals surface area contributed by atoms with Crippen LogP contribution >= 0.6 is 0 Å². The van der Waals surface area contributed by atoms with Crippen molar-refractivity contribution in [3.63, 3.8) is 0 Å². The zero-order valence-corrected chi connectivity index (χ0v) is 9.97. The zero-order chi connectivity index (χ0) is 12.8. The van der Waals surface area contributed by atoms with Crippen LogP contribution < -0.4 is 5.32 Å². The second-order valence-electron chi connectivity index (χ2n) is 3.89. The molecule has 0 spiro atoms. The lowest BCUT2D eigenvalue weighted by Crippen LogP contribution is -2.42. The van der Waals surface area contributed by atoms with Gasteiger partial charge in [-0.25, -0.2) is 4.79 Å². The van der Waals surface area contributed by atoms with E-state index in [0.29, 0.717) is 0 Å². The summed E-state index contributed by atoms with van der Waals surface area (Å²) in [4.78, 5) is 22.4. The Balaban J connectivity index is 2.46. The van der Waals surface area contributed by atoms with E-state index in [2.05, 4.69) is 11.9 Å². The molecule has 0 bridgehead atoms. The molecule has 1 aliphatic rings. The molecule has 1 heterocycles. The van der Waals surface area contributed by atoms with Gasteiger partial charge in [-0.3, -0.25) is 4.79 Å². The average molecular weight is 243 g/mol. The van der Waals surface area contributed by atoms with Gasteiger partial charge >= 0.3 is 12.1 Å². The Hall–Kier alpha value is -1.56. The van der Waals surface area contributed by atoms with Gasteiger partial charge < -0.3 is 19.5 Å². The quantitative estimate of drug-likeness (QED) is 0.575. The van der Waals surface area contributed by atoms with Gasteiger partial charge in [0.2, 0.25) is 6.29 Å². The summed E-state index contributed by atoms with van der Waals surface area (Å²) in [5, 5.41) is 2.52. The number of hydrogen-bond acceptors (Lipinski definition) is 5. The van der Waals surface area contributed by atoms with Crippen LogP contribution in [0.15, 0.2) is 12.7 Å². The lowest BCUT2D eigenvalue weighted by atomic mass is 10.2. The minimum absolute atomic E-state index is 0.0839. The van der Waals surface area contributed by atoms with Crippen LogP contribution in [-0.4, -0.2) is 37.1 Å². The van der Waals surface area contributed by atoms with E-state index in [1.54, 1.807) is 0 Å². The fourth-order valence-electron chi connectivity index (χ4n) is 1.37. The van der Waals surface area contributed by atoms with Gasteiger partial charge in [0, 0.05) is 0 Å². The van der Waals surface area contributed by atoms with E-state index in [4.69, 9.17) is 14.2 Å². The van der Waals surface area contributed by atoms with E-state index in [0.717, 1.165) is 0 Å². The highest BCUT2D eigenvalue weighted by atomic mass is 16.7. The SMILES string of the molecule is C=CCOC(=O)N[C@H]1CC(=O)O[C@@H]1OC(C)C. The predicted molar refractivity (Wildman–Crippen MR) is 59.2 cm³/mol. The van der Waals surface area contributed by atoms with Gasteiger partial charge in [-0.15, -0.1) is 0 Å². The third-order valence-corrected chi connectivity index (χ3v) is 2.00. The number of nitrogens with one attached hydrogen (secondary N) is 1. The molecule has 0 aromatic carbocycles. The minimum Gasteiger partial charge on any atom is -0.445 e. The number of carbonyl (C=O) groups excluding carboxylic acids is 2. The minimum atomic E-state index is -0.751. The molecule has 0 radical (unpaired) electrons. The van der Waals surface area contributed by atoms with Gasteiger partial charge in [-0.2, -0.15) is 0 Å². The summed E-state index contributed by atoms with van der Waals surface area (Å²) in [6.45, 7) is 7.17. The predicted octanol–water partition coefficient (Wildman–Crippen LogP) is 0.965.